The number of hydrogen-bond donors (Lipinski definition) is 3. The molecular weight excluding hydrogens is 330 g/mol. The summed E-state index contributed by atoms with van der Waals surface area (Å²) in [6.45, 7) is 3.57. The maximum absolute atomic E-state index is 10.3. The average Bonchev–Trinajstić information content (AvgIpc) is 2.58. The summed E-state index contributed by atoms with van der Waals surface area (Å²) in [5.74, 6) is -1.64. The van der Waals surface area contributed by atoms with E-state index in [1.165, 1.54) is 19.8 Å². The zero-order chi connectivity index (χ0) is 20.0. The largest absolute Gasteiger partial charge is 0.481 e. The van der Waals surface area contributed by atoms with Gasteiger partial charge in [-0.1, -0.05) is 62.6 Å². The highest BCUT2D eigenvalue weighted by atomic mass is 16.4. The highest BCUT2D eigenvalue weighted by Crippen LogP contribution is 2.07. The molecule has 0 aliphatic heterocycles. The molecule has 0 aliphatic carbocycles. The van der Waals surface area contributed by atoms with E-state index >= 15 is 0 Å². The predicted octanol–water partition coefficient (Wildman–Crippen LogP) is 5.08. The second-order valence-corrected chi connectivity index (χ2v) is 6.12. The Labute approximate surface area is 158 Å². The van der Waals surface area contributed by atoms with Crippen molar-refractivity contribution in [2.24, 2.45) is 5.73 Å². The third kappa shape index (κ3) is 27.0. The zero-order valence-corrected chi connectivity index (χ0v) is 16.4. The maximum Gasteiger partial charge on any atom is 0.320 e. The summed E-state index contributed by atoms with van der Waals surface area (Å²) in [5.41, 5.74) is 4.84. The number of carboxylic acid groups (broad SMARTS) is 2. The van der Waals surface area contributed by atoms with E-state index in [0.29, 0.717) is 6.42 Å². The number of unbranched alkanes of at least 4 members (excludes halogenated alkanes) is 5. The Balaban J connectivity index is 0. The van der Waals surface area contributed by atoms with Crippen molar-refractivity contribution < 1.29 is 19.8 Å². The van der Waals surface area contributed by atoms with E-state index in [1.54, 1.807) is 0 Å². The van der Waals surface area contributed by atoms with Gasteiger partial charge in [0.15, 0.2) is 0 Å². The molecule has 0 spiro atoms. The van der Waals surface area contributed by atoms with Crippen molar-refractivity contribution in [3.8, 4) is 0 Å². The summed E-state index contributed by atoms with van der Waals surface area (Å²) in [6.07, 6.45) is 23.4. The van der Waals surface area contributed by atoms with Gasteiger partial charge in [-0.25, -0.2) is 0 Å². The van der Waals surface area contributed by atoms with E-state index in [1.807, 2.05) is 0 Å². The number of rotatable bonds is 14. The van der Waals surface area contributed by atoms with Gasteiger partial charge in [0.05, 0.1) is 0 Å². The second kappa shape index (κ2) is 21.2. The Kier molecular flexibility index (Phi) is 21.4. The van der Waals surface area contributed by atoms with E-state index in [9.17, 15) is 9.59 Å². The molecule has 0 radical (unpaired) electrons. The normalized spacial score (nSPS) is 12.4. The van der Waals surface area contributed by atoms with Gasteiger partial charge in [-0.3, -0.25) is 9.59 Å². The Morgan fingerprint density at radius 3 is 1.81 bits per heavy atom. The first kappa shape index (κ1) is 26.4. The molecule has 0 unspecified atom stereocenters. The average molecular weight is 368 g/mol. The standard InChI is InChI=1S/C18H30O2.C3H7NO2/c1-2-3-4-5-6-7-8-9-10-11-12-13-14-15-16-17-18(19)20;1-2(4)3(5)6/h3-4,6-7,9-10H,2,5,8,11-17H2,1H3,(H,19,20);2H,4H2,1H3,(H,5,6)/b4-3-,7-6-,10-9-;/t;2-/m.0/s1. The highest BCUT2D eigenvalue weighted by molar-refractivity contribution is 5.72. The van der Waals surface area contributed by atoms with Gasteiger partial charge >= 0.3 is 11.9 Å². The van der Waals surface area contributed by atoms with Crippen LogP contribution in [0.3, 0.4) is 0 Å². The van der Waals surface area contributed by atoms with Crippen LogP contribution in [-0.2, 0) is 9.59 Å². The summed E-state index contributed by atoms with van der Waals surface area (Å²) in [7, 11) is 0. The van der Waals surface area contributed by atoms with Crippen LogP contribution < -0.4 is 5.73 Å². The first-order valence-electron chi connectivity index (χ1n) is 9.56. The van der Waals surface area contributed by atoms with Crippen LogP contribution in [0.1, 0.15) is 78.1 Å². The van der Waals surface area contributed by atoms with Gasteiger partial charge in [0.25, 0.3) is 0 Å². The maximum atomic E-state index is 10.3. The van der Waals surface area contributed by atoms with Gasteiger partial charge < -0.3 is 15.9 Å². The lowest BCUT2D eigenvalue weighted by Crippen LogP contribution is -2.25. The molecule has 0 saturated carbocycles. The molecule has 0 fully saturated rings. The quantitative estimate of drug-likeness (QED) is 0.294. The molecule has 0 saturated heterocycles. The van der Waals surface area contributed by atoms with Crippen molar-refractivity contribution >= 4 is 11.9 Å². The molecule has 0 aromatic rings. The van der Waals surface area contributed by atoms with Crippen LogP contribution in [0, 0.1) is 0 Å². The van der Waals surface area contributed by atoms with Crippen molar-refractivity contribution in [3.05, 3.63) is 36.5 Å². The van der Waals surface area contributed by atoms with Gasteiger partial charge in [-0.2, -0.15) is 0 Å². The van der Waals surface area contributed by atoms with Gasteiger partial charge in [0, 0.05) is 6.42 Å². The van der Waals surface area contributed by atoms with Crippen LogP contribution in [0.4, 0.5) is 0 Å². The Bertz CT molecular complexity index is 426. The van der Waals surface area contributed by atoms with Crippen LogP contribution in [0.2, 0.25) is 0 Å². The smallest absolute Gasteiger partial charge is 0.320 e. The van der Waals surface area contributed by atoms with E-state index in [-0.39, 0.29) is 0 Å². The molecule has 0 heterocycles. The molecule has 0 amide bonds. The number of hydrogen-bond acceptors (Lipinski definition) is 3. The van der Waals surface area contributed by atoms with Gasteiger partial charge in [-0.05, 0) is 45.4 Å². The van der Waals surface area contributed by atoms with E-state index < -0.39 is 18.0 Å². The van der Waals surface area contributed by atoms with Gasteiger partial charge in [-0.15, -0.1) is 0 Å². The topological polar surface area (TPSA) is 101 Å². The monoisotopic (exact) mass is 367 g/mol. The van der Waals surface area contributed by atoms with Crippen molar-refractivity contribution in [2.75, 3.05) is 0 Å². The van der Waals surface area contributed by atoms with Crippen molar-refractivity contribution in [1.29, 1.82) is 0 Å². The number of carbonyl (C=O) groups is 2. The molecule has 5 heteroatoms. The first-order chi connectivity index (χ1) is 12.4. The molecule has 0 aliphatic rings. The Morgan fingerprint density at radius 1 is 0.846 bits per heavy atom. The summed E-state index contributed by atoms with van der Waals surface area (Å²) in [4.78, 5) is 19.9. The fourth-order valence-corrected chi connectivity index (χ4v) is 1.90. The van der Waals surface area contributed by atoms with Gasteiger partial charge in [0.2, 0.25) is 0 Å². The number of carboxylic acids is 2. The van der Waals surface area contributed by atoms with Crippen molar-refractivity contribution in [2.45, 2.75) is 84.1 Å². The molecule has 1 atom stereocenters. The third-order valence-corrected chi connectivity index (χ3v) is 3.43. The van der Waals surface area contributed by atoms with Crippen molar-refractivity contribution in [3.63, 3.8) is 0 Å². The first-order valence-corrected chi connectivity index (χ1v) is 9.56. The molecule has 0 rings (SSSR count). The van der Waals surface area contributed by atoms with Crippen LogP contribution in [-0.4, -0.2) is 28.2 Å². The lowest BCUT2D eigenvalue weighted by Gasteiger charge is -1.98. The molecule has 4 N–H and O–H groups in total. The summed E-state index contributed by atoms with van der Waals surface area (Å²) >= 11 is 0. The van der Waals surface area contributed by atoms with Crippen LogP contribution in [0.5, 0.6) is 0 Å². The number of allylic oxidation sites excluding steroid dienone is 6. The molecule has 0 bridgehead atoms. The molecule has 150 valence electrons. The predicted molar refractivity (Wildman–Crippen MR) is 108 cm³/mol. The van der Waals surface area contributed by atoms with E-state index in [2.05, 4.69) is 43.4 Å². The molecule has 0 aromatic heterocycles. The zero-order valence-electron chi connectivity index (χ0n) is 16.4. The third-order valence-electron chi connectivity index (χ3n) is 3.43. The second-order valence-electron chi connectivity index (χ2n) is 6.12. The van der Waals surface area contributed by atoms with Gasteiger partial charge in [0.1, 0.15) is 6.04 Å². The number of aliphatic carboxylic acids is 2. The van der Waals surface area contributed by atoms with Crippen LogP contribution in [0.25, 0.3) is 0 Å². The van der Waals surface area contributed by atoms with E-state index in [0.717, 1.165) is 44.9 Å². The Hall–Kier alpha value is -1.88. The Morgan fingerprint density at radius 2 is 1.31 bits per heavy atom. The minimum atomic E-state index is -0.963. The fourth-order valence-electron chi connectivity index (χ4n) is 1.90. The molecule has 0 aromatic carbocycles. The fraction of sp³-hybridized carbons (Fsp3) is 0.619. The SMILES string of the molecule is CC/C=C\C/C=C\C/C=C\CCCCCCCC(=O)O.C[C@H](N)C(=O)O. The van der Waals surface area contributed by atoms with Crippen molar-refractivity contribution in [1.82, 2.24) is 0 Å². The molecule has 26 heavy (non-hydrogen) atoms. The minimum Gasteiger partial charge on any atom is -0.481 e. The lowest BCUT2D eigenvalue weighted by atomic mass is 10.1. The molecule has 5 nitrogen and oxygen atoms in total. The minimum absolute atomic E-state index is 0.319. The van der Waals surface area contributed by atoms with E-state index in [4.69, 9.17) is 15.9 Å². The summed E-state index contributed by atoms with van der Waals surface area (Å²) in [5, 5.41) is 16.4. The highest BCUT2D eigenvalue weighted by Gasteiger charge is 1.99. The number of nitrogens with two attached hydrogens (primary N) is 1. The lowest BCUT2D eigenvalue weighted by molar-refractivity contribution is -0.138. The van der Waals surface area contributed by atoms with Crippen LogP contribution in [0.15, 0.2) is 36.5 Å². The summed E-state index contributed by atoms with van der Waals surface area (Å²) in [6, 6.07) is -0.731. The molecular formula is C21H37NO4. The summed E-state index contributed by atoms with van der Waals surface area (Å²) < 4.78 is 0. The van der Waals surface area contributed by atoms with Crippen LogP contribution >= 0.6 is 0 Å².